The molecule has 0 saturated carbocycles. The van der Waals surface area contributed by atoms with Gasteiger partial charge in [0.25, 0.3) is 5.56 Å². The number of nitrogens with one attached hydrogen (secondary N) is 2. The summed E-state index contributed by atoms with van der Waals surface area (Å²) in [5, 5.41) is 9.33. The molecule has 0 aliphatic carbocycles. The number of aliphatic hydroxyl groups is 1. The van der Waals surface area contributed by atoms with Gasteiger partial charge >= 0.3 is 5.69 Å². The molecule has 3 N–H and O–H groups in total. The summed E-state index contributed by atoms with van der Waals surface area (Å²) >= 11 is 7.03. The van der Waals surface area contributed by atoms with Crippen molar-refractivity contribution in [2.75, 3.05) is 19.5 Å². The van der Waals surface area contributed by atoms with Gasteiger partial charge in [0.15, 0.2) is 0 Å². The number of aromatic nitrogens is 2. The molecule has 0 aliphatic heterocycles. The number of ether oxygens (including phenoxy) is 1. The van der Waals surface area contributed by atoms with Crippen LogP contribution in [0.4, 0.5) is 8.78 Å². The van der Waals surface area contributed by atoms with Gasteiger partial charge in [0.1, 0.15) is 11.6 Å². The van der Waals surface area contributed by atoms with Crippen LogP contribution in [0, 0.1) is 18.6 Å². The molecule has 0 saturated heterocycles. The number of fused-ring (bicyclic) bond motifs is 1. The number of aliphatic hydroxyl groups excluding tert-OH is 1. The average molecular weight is 443 g/mol. The Morgan fingerprint density at radius 2 is 1.93 bits per heavy atom. The third-order valence-corrected chi connectivity index (χ3v) is 5.94. The summed E-state index contributed by atoms with van der Waals surface area (Å²) in [5.74, 6) is -1.48. The standard InChI is InChI=1S/C19H17ClF2N2O4S/c1-8-3-11-16(23-19(27)24-18(11)26)17(29-7-9(6-25)28-2)15(8)10-4-12(20)14(22)5-13(10)21/h3-5,9,25H,6-7H2,1-2H3,(H2,23,24,26,27)/t9-/m1/s1. The van der Waals surface area contributed by atoms with Crippen LogP contribution in [0.2, 0.25) is 5.02 Å². The summed E-state index contributed by atoms with van der Waals surface area (Å²) < 4.78 is 33.5. The van der Waals surface area contributed by atoms with Gasteiger partial charge in [0, 0.05) is 35.0 Å². The molecule has 0 amide bonds. The summed E-state index contributed by atoms with van der Waals surface area (Å²) in [4.78, 5) is 29.3. The smallest absolute Gasteiger partial charge is 0.326 e. The maximum absolute atomic E-state index is 14.7. The fourth-order valence-corrected chi connectivity index (χ4v) is 4.45. The Morgan fingerprint density at radius 1 is 1.21 bits per heavy atom. The Balaban J connectivity index is 2.35. The molecule has 154 valence electrons. The molecule has 3 aromatic rings. The summed E-state index contributed by atoms with van der Waals surface area (Å²) in [6, 6.07) is 3.36. The van der Waals surface area contributed by atoms with Gasteiger partial charge in [-0.05, 0) is 24.6 Å². The highest BCUT2D eigenvalue weighted by Gasteiger charge is 2.21. The summed E-state index contributed by atoms with van der Waals surface area (Å²) in [5.41, 5.74) is -0.201. The SMILES string of the molecule is CO[C@H](CO)CSc1c(-c2cc(Cl)c(F)cc2F)c(C)cc2c(=O)[nH]c(=O)[nH]c12. The van der Waals surface area contributed by atoms with Gasteiger partial charge in [-0.2, -0.15) is 0 Å². The van der Waals surface area contributed by atoms with E-state index in [0.29, 0.717) is 22.1 Å². The van der Waals surface area contributed by atoms with Crippen LogP contribution in [0.15, 0.2) is 32.7 Å². The lowest BCUT2D eigenvalue weighted by molar-refractivity contribution is 0.0656. The number of H-pyrrole nitrogens is 2. The summed E-state index contributed by atoms with van der Waals surface area (Å²) in [7, 11) is 1.43. The fourth-order valence-electron chi connectivity index (χ4n) is 2.97. The maximum Gasteiger partial charge on any atom is 0.326 e. The van der Waals surface area contributed by atoms with Crippen molar-refractivity contribution in [3.05, 3.63) is 61.3 Å². The largest absolute Gasteiger partial charge is 0.394 e. The quantitative estimate of drug-likeness (QED) is 0.402. The normalized spacial score (nSPS) is 12.5. The average Bonchev–Trinajstić information content (AvgIpc) is 2.66. The Kier molecular flexibility index (Phi) is 6.42. The molecule has 0 bridgehead atoms. The number of aryl methyl sites for hydroxylation is 1. The second-order valence-corrected chi connectivity index (χ2v) is 7.76. The molecule has 3 rings (SSSR count). The first kappa shape index (κ1) is 21.5. The minimum atomic E-state index is -0.898. The van der Waals surface area contributed by atoms with Crippen LogP contribution in [0.5, 0.6) is 0 Å². The molecule has 2 aromatic carbocycles. The molecule has 0 fully saturated rings. The molecule has 1 atom stereocenters. The molecule has 6 nitrogen and oxygen atoms in total. The highest BCUT2D eigenvalue weighted by atomic mass is 35.5. The zero-order valence-corrected chi connectivity index (χ0v) is 17.0. The third-order valence-electron chi connectivity index (χ3n) is 4.42. The van der Waals surface area contributed by atoms with Crippen LogP contribution in [0.1, 0.15) is 5.56 Å². The predicted molar refractivity (Wildman–Crippen MR) is 109 cm³/mol. The van der Waals surface area contributed by atoms with E-state index < -0.39 is 29.0 Å². The Hall–Kier alpha value is -2.20. The van der Waals surface area contributed by atoms with Crippen LogP contribution in [-0.4, -0.2) is 40.6 Å². The summed E-state index contributed by atoms with van der Waals surface area (Å²) in [6.45, 7) is 1.41. The van der Waals surface area contributed by atoms with Crippen molar-refractivity contribution < 1.29 is 18.6 Å². The molecule has 0 spiro atoms. The molecule has 1 heterocycles. The van der Waals surface area contributed by atoms with E-state index in [4.69, 9.17) is 16.3 Å². The minimum Gasteiger partial charge on any atom is -0.394 e. The van der Waals surface area contributed by atoms with Gasteiger partial charge in [0.05, 0.1) is 28.6 Å². The Morgan fingerprint density at radius 3 is 2.59 bits per heavy atom. The van der Waals surface area contributed by atoms with Crippen molar-refractivity contribution in [2.45, 2.75) is 17.9 Å². The number of hydrogen-bond acceptors (Lipinski definition) is 5. The van der Waals surface area contributed by atoms with Crippen LogP contribution in [0.25, 0.3) is 22.0 Å². The Labute approximate surface area is 172 Å². The molecule has 0 unspecified atom stereocenters. The second-order valence-electron chi connectivity index (χ2n) is 6.33. The number of rotatable bonds is 6. The molecular formula is C19H17ClF2N2O4S. The van der Waals surface area contributed by atoms with Gasteiger partial charge in [-0.15, -0.1) is 11.8 Å². The van der Waals surface area contributed by atoms with E-state index in [1.54, 1.807) is 6.92 Å². The van der Waals surface area contributed by atoms with E-state index in [9.17, 15) is 23.5 Å². The lowest BCUT2D eigenvalue weighted by Gasteiger charge is -2.18. The first-order valence-corrected chi connectivity index (χ1v) is 9.84. The highest BCUT2D eigenvalue weighted by molar-refractivity contribution is 7.99. The van der Waals surface area contributed by atoms with Gasteiger partial charge in [-0.1, -0.05) is 11.6 Å². The molecule has 0 aliphatic rings. The second kappa shape index (κ2) is 8.66. The monoisotopic (exact) mass is 442 g/mol. The van der Waals surface area contributed by atoms with Crippen molar-refractivity contribution in [2.24, 2.45) is 0 Å². The predicted octanol–water partition coefficient (Wildman–Crippen LogP) is 3.22. The van der Waals surface area contributed by atoms with E-state index >= 15 is 0 Å². The van der Waals surface area contributed by atoms with Crippen molar-refractivity contribution in [3.8, 4) is 11.1 Å². The van der Waals surface area contributed by atoms with E-state index in [1.807, 2.05) is 0 Å². The number of hydrogen-bond donors (Lipinski definition) is 3. The van der Waals surface area contributed by atoms with E-state index in [0.717, 1.165) is 6.07 Å². The maximum atomic E-state index is 14.7. The van der Waals surface area contributed by atoms with Crippen molar-refractivity contribution >= 4 is 34.3 Å². The molecule has 1 aromatic heterocycles. The van der Waals surface area contributed by atoms with E-state index in [2.05, 4.69) is 9.97 Å². The van der Waals surface area contributed by atoms with Crippen LogP contribution in [0.3, 0.4) is 0 Å². The highest BCUT2D eigenvalue weighted by Crippen LogP contribution is 2.41. The lowest BCUT2D eigenvalue weighted by atomic mass is 9.98. The Bertz CT molecular complexity index is 1190. The van der Waals surface area contributed by atoms with Crippen molar-refractivity contribution in [1.29, 1.82) is 0 Å². The van der Waals surface area contributed by atoms with E-state index in [1.165, 1.54) is 24.9 Å². The molecule has 29 heavy (non-hydrogen) atoms. The van der Waals surface area contributed by atoms with Gasteiger partial charge < -0.3 is 14.8 Å². The van der Waals surface area contributed by atoms with Crippen LogP contribution < -0.4 is 11.2 Å². The summed E-state index contributed by atoms with van der Waals surface area (Å²) in [6.07, 6.45) is -0.529. The van der Waals surface area contributed by atoms with E-state index in [-0.39, 0.29) is 33.8 Å². The number of benzene rings is 2. The first-order valence-electron chi connectivity index (χ1n) is 8.48. The van der Waals surface area contributed by atoms with Crippen LogP contribution >= 0.6 is 23.4 Å². The molecule has 10 heteroatoms. The minimum absolute atomic E-state index is 0.0254. The third kappa shape index (κ3) is 4.23. The number of methoxy groups -OCH3 is 1. The lowest BCUT2D eigenvalue weighted by Crippen LogP contribution is -2.23. The van der Waals surface area contributed by atoms with Crippen LogP contribution in [-0.2, 0) is 4.74 Å². The number of aromatic amines is 2. The van der Waals surface area contributed by atoms with Crippen molar-refractivity contribution in [3.63, 3.8) is 0 Å². The molecule has 0 radical (unpaired) electrons. The van der Waals surface area contributed by atoms with Crippen molar-refractivity contribution in [1.82, 2.24) is 9.97 Å². The molecular weight excluding hydrogens is 426 g/mol. The zero-order chi connectivity index (χ0) is 21.3. The topological polar surface area (TPSA) is 95.2 Å². The number of halogens is 3. The number of thioether (sulfide) groups is 1. The van der Waals surface area contributed by atoms with Gasteiger partial charge in [-0.25, -0.2) is 13.6 Å². The first-order chi connectivity index (χ1) is 13.8. The van der Waals surface area contributed by atoms with Gasteiger partial charge in [0.2, 0.25) is 0 Å². The fraction of sp³-hybridized carbons (Fsp3) is 0.263. The zero-order valence-electron chi connectivity index (χ0n) is 15.4. The van der Waals surface area contributed by atoms with Gasteiger partial charge in [-0.3, -0.25) is 9.78 Å².